The lowest BCUT2D eigenvalue weighted by Gasteiger charge is -2.13. The van der Waals surface area contributed by atoms with Crippen molar-refractivity contribution in [2.24, 2.45) is 0 Å². The van der Waals surface area contributed by atoms with Crippen molar-refractivity contribution in [3.63, 3.8) is 0 Å². The van der Waals surface area contributed by atoms with E-state index in [1.54, 1.807) is 0 Å². The maximum absolute atomic E-state index is 12.8. The van der Waals surface area contributed by atoms with Crippen LogP contribution in [0, 0.1) is 6.92 Å². The Bertz CT molecular complexity index is 545. The summed E-state index contributed by atoms with van der Waals surface area (Å²) in [5.41, 5.74) is -0.512. The lowest BCUT2D eigenvalue weighted by Crippen LogP contribution is -2.42. The topological polar surface area (TPSA) is 70.2 Å². The predicted molar refractivity (Wildman–Crippen MR) is 76.5 cm³/mol. The van der Waals surface area contributed by atoms with Crippen LogP contribution in [-0.4, -0.2) is 25.0 Å². The summed E-state index contributed by atoms with van der Waals surface area (Å²) in [6.07, 6.45) is -3.73. The first-order chi connectivity index (χ1) is 10.2. The van der Waals surface area contributed by atoms with Crippen LogP contribution in [0.1, 0.15) is 24.5 Å². The molecule has 1 aromatic rings. The molecule has 0 aromatic heterocycles. The zero-order chi connectivity index (χ0) is 16.8. The maximum Gasteiger partial charge on any atom is 0.416 e. The summed E-state index contributed by atoms with van der Waals surface area (Å²) in [6, 6.07) is 3.06. The highest BCUT2D eigenvalue weighted by atomic mass is 19.4. The van der Waals surface area contributed by atoms with Crippen LogP contribution in [0.4, 0.5) is 23.7 Å². The first-order valence-corrected chi connectivity index (χ1v) is 6.73. The van der Waals surface area contributed by atoms with Crippen molar-refractivity contribution in [2.45, 2.75) is 26.4 Å². The summed E-state index contributed by atoms with van der Waals surface area (Å²) in [4.78, 5) is 22.7. The van der Waals surface area contributed by atoms with E-state index in [0.717, 1.165) is 12.5 Å². The van der Waals surface area contributed by atoms with Crippen molar-refractivity contribution in [1.29, 1.82) is 0 Å². The SMILES string of the molecule is CCCNC(=O)NC(=O)CNc1ccc(C)c(C(F)(F)F)c1. The molecule has 0 saturated carbocycles. The van der Waals surface area contributed by atoms with Gasteiger partial charge in [0.25, 0.3) is 0 Å². The van der Waals surface area contributed by atoms with E-state index in [4.69, 9.17) is 0 Å². The minimum absolute atomic E-state index is 0.0986. The first kappa shape index (κ1) is 17.8. The molecule has 8 heteroatoms. The molecule has 5 nitrogen and oxygen atoms in total. The molecule has 0 aliphatic carbocycles. The van der Waals surface area contributed by atoms with E-state index >= 15 is 0 Å². The van der Waals surface area contributed by atoms with Gasteiger partial charge in [0.15, 0.2) is 0 Å². The minimum Gasteiger partial charge on any atom is -0.376 e. The van der Waals surface area contributed by atoms with E-state index in [1.807, 2.05) is 6.92 Å². The molecule has 0 aliphatic heterocycles. The van der Waals surface area contributed by atoms with Gasteiger partial charge in [0.2, 0.25) is 5.91 Å². The summed E-state index contributed by atoms with van der Waals surface area (Å²) in [6.45, 7) is 3.34. The van der Waals surface area contributed by atoms with Crippen LogP contribution >= 0.6 is 0 Å². The second-order valence-corrected chi connectivity index (χ2v) is 4.69. The fourth-order valence-electron chi connectivity index (χ4n) is 1.67. The molecule has 1 rings (SSSR count). The second-order valence-electron chi connectivity index (χ2n) is 4.69. The smallest absolute Gasteiger partial charge is 0.376 e. The van der Waals surface area contributed by atoms with Crippen molar-refractivity contribution in [3.8, 4) is 0 Å². The second kappa shape index (κ2) is 7.67. The molecule has 0 aliphatic rings. The van der Waals surface area contributed by atoms with Crippen LogP contribution in [0.2, 0.25) is 0 Å². The molecule has 0 radical (unpaired) electrons. The molecule has 0 spiro atoms. The largest absolute Gasteiger partial charge is 0.416 e. The Morgan fingerprint density at radius 3 is 2.50 bits per heavy atom. The van der Waals surface area contributed by atoms with Crippen LogP contribution in [0.3, 0.4) is 0 Å². The van der Waals surface area contributed by atoms with E-state index in [0.29, 0.717) is 6.54 Å². The number of aryl methyl sites for hydroxylation is 1. The molecule has 3 amide bonds. The highest BCUT2D eigenvalue weighted by Gasteiger charge is 2.32. The Labute approximate surface area is 126 Å². The minimum atomic E-state index is -4.45. The molecule has 3 N–H and O–H groups in total. The molecule has 122 valence electrons. The van der Waals surface area contributed by atoms with Crippen molar-refractivity contribution in [2.75, 3.05) is 18.4 Å². The number of carbonyl (C=O) groups excluding carboxylic acids is 2. The lowest BCUT2D eigenvalue weighted by atomic mass is 10.1. The van der Waals surface area contributed by atoms with Gasteiger partial charge in [-0.05, 0) is 31.0 Å². The van der Waals surface area contributed by atoms with Gasteiger partial charge in [-0.1, -0.05) is 13.0 Å². The molecule has 22 heavy (non-hydrogen) atoms. The summed E-state index contributed by atoms with van der Waals surface area (Å²) in [5.74, 6) is -0.636. The fourth-order valence-corrected chi connectivity index (χ4v) is 1.67. The number of imide groups is 1. The number of carbonyl (C=O) groups is 2. The van der Waals surface area contributed by atoms with Crippen LogP contribution in [0.25, 0.3) is 0 Å². The summed E-state index contributed by atoms with van der Waals surface area (Å²) in [7, 11) is 0. The number of alkyl halides is 3. The fraction of sp³-hybridized carbons (Fsp3) is 0.429. The van der Waals surface area contributed by atoms with Gasteiger partial charge in [-0.15, -0.1) is 0 Å². The first-order valence-electron chi connectivity index (χ1n) is 6.73. The van der Waals surface area contributed by atoms with E-state index in [9.17, 15) is 22.8 Å². The van der Waals surface area contributed by atoms with Gasteiger partial charge in [0.05, 0.1) is 12.1 Å². The third-order valence-corrected chi connectivity index (χ3v) is 2.78. The van der Waals surface area contributed by atoms with Crippen molar-refractivity contribution < 1.29 is 22.8 Å². The molecular formula is C14H18F3N3O2. The standard InChI is InChI=1S/C14H18F3N3O2/c1-3-6-18-13(22)20-12(21)8-19-10-5-4-9(2)11(7-10)14(15,16)17/h4-5,7,19H,3,6,8H2,1-2H3,(H2,18,20,21,22). The van der Waals surface area contributed by atoms with Crippen molar-refractivity contribution >= 4 is 17.6 Å². The summed E-state index contributed by atoms with van der Waals surface area (Å²) >= 11 is 0. The van der Waals surface area contributed by atoms with Crippen molar-refractivity contribution in [1.82, 2.24) is 10.6 Å². The Morgan fingerprint density at radius 1 is 1.23 bits per heavy atom. The van der Waals surface area contributed by atoms with Crippen molar-refractivity contribution in [3.05, 3.63) is 29.3 Å². The average molecular weight is 317 g/mol. The van der Waals surface area contributed by atoms with Crippen LogP contribution < -0.4 is 16.0 Å². The van der Waals surface area contributed by atoms with Crippen LogP contribution in [-0.2, 0) is 11.0 Å². The normalized spacial score (nSPS) is 11.0. The number of benzene rings is 1. The third kappa shape index (κ3) is 5.63. The van der Waals surface area contributed by atoms with Gasteiger partial charge >= 0.3 is 12.2 Å². The number of hydrogen-bond acceptors (Lipinski definition) is 3. The summed E-state index contributed by atoms with van der Waals surface area (Å²) < 4.78 is 38.3. The average Bonchev–Trinajstić information content (AvgIpc) is 2.43. The van der Waals surface area contributed by atoms with E-state index in [2.05, 4.69) is 16.0 Å². The quantitative estimate of drug-likeness (QED) is 0.782. The number of nitrogens with one attached hydrogen (secondary N) is 3. The van der Waals surface area contributed by atoms with Gasteiger partial charge in [0, 0.05) is 12.2 Å². The van der Waals surface area contributed by atoms with E-state index in [-0.39, 0.29) is 17.8 Å². The number of anilines is 1. The number of hydrogen-bond donors (Lipinski definition) is 3. The third-order valence-electron chi connectivity index (χ3n) is 2.78. The predicted octanol–water partition coefficient (Wildman–Crippen LogP) is 2.66. The molecule has 0 heterocycles. The van der Waals surface area contributed by atoms with Crippen LogP contribution in [0.5, 0.6) is 0 Å². The molecule has 0 saturated heterocycles. The molecule has 0 bridgehead atoms. The van der Waals surface area contributed by atoms with Gasteiger partial charge in [-0.3, -0.25) is 10.1 Å². The lowest BCUT2D eigenvalue weighted by molar-refractivity contribution is -0.138. The molecule has 1 aromatic carbocycles. The molecular weight excluding hydrogens is 299 g/mol. The Hall–Kier alpha value is -2.25. The van der Waals surface area contributed by atoms with Crippen LogP contribution in [0.15, 0.2) is 18.2 Å². The van der Waals surface area contributed by atoms with E-state index < -0.39 is 23.7 Å². The van der Waals surface area contributed by atoms with E-state index in [1.165, 1.54) is 19.1 Å². The summed E-state index contributed by atoms with van der Waals surface area (Å²) in [5, 5.41) is 7.07. The van der Waals surface area contributed by atoms with Gasteiger partial charge in [-0.2, -0.15) is 13.2 Å². The highest BCUT2D eigenvalue weighted by molar-refractivity contribution is 5.96. The number of urea groups is 1. The highest BCUT2D eigenvalue weighted by Crippen LogP contribution is 2.33. The number of halogens is 3. The number of amides is 3. The monoisotopic (exact) mass is 317 g/mol. The Kier molecular flexibility index (Phi) is 6.21. The van der Waals surface area contributed by atoms with Gasteiger partial charge < -0.3 is 10.6 Å². The Morgan fingerprint density at radius 2 is 1.91 bits per heavy atom. The Balaban J connectivity index is 2.58. The molecule has 0 unspecified atom stereocenters. The van der Waals surface area contributed by atoms with Gasteiger partial charge in [0.1, 0.15) is 0 Å². The molecule has 0 atom stereocenters. The zero-order valence-corrected chi connectivity index (χ0v) is 12.3. The number of rotatable bonds is 5. The van der Waals surface area contributed by atoms with Gasteiger partial charge in [-0.25, -0.2) is 4.79 Å². The maximum atomic E-state index is 12.8. The molecule has 0 fully saturated rings. The zero-order valence-electron chi connectivity index (χ0n) is 12.3.